The summed E-state index contributed by atoms with van der Waals surface area (Å²) in [6, 6.07) is 0.974. The molecule has 1 aliphatic rings. The lowest BCUT2D eigenvalue weighted by molar-refractivity contribution is -0.137. The molecule has 0 amide bonds. The number of halogens is 4. The van der Waals surface area contributed by atoms with Crippen LogP contribution in [0.5, 0.6) is 0 Å². The van der Waals surface area contributed by atoms with Gasteiger partial charge < -0.3 is 10.6 Å². The predicted octanol–water partition coefficient (Wildman–Crippen LogP) is 2.93. The Balaban J connectivity index is 2.19. The van der Waals surface area contributed by atoms with Crippen LogP contribution >= 0.6 is 11.6 Å². The van der Waals surface area contributed by atoms with Crippen LogP contribution in [0.25, 0.3) is 0 Å². The molecule has 1 aromatic heterocycles. The zero-order chi connectivity index (χ0) is 14.2. The second-order valence-electron chi connectivity index (χ2n) is 4.88. The van der Waals surface area contributed by atoms with Crippen LogP contribution in [0.4, 0.5) is 19.0 Å². The molecule has 0 bridgehead atoms. The first-order valence-electron chi connectivity index (χ1n) is 6.02. The Morgan fingerprint density at radius 3 is 2.68 bits per heavy atom. The fraction of sp³-hybridized carbons (Fsp3) is 0.583. The van der Waals surface area contributed by atoms with E-state index < -0.39 is 11.7 Å². The maximum absolute atomic E-state index is 12.5. The normalized spacial score (nSPS) is 21.8. The summed E-state index contributed by atoms with van der Waals surface area (Å²) in [5.41, 5.74) is 5.00. The van der Waals surface area contributed by atoms with E-state index in [0.717, 1.165) is 18.7 Å². The summed E-state index contributed by atoms with van der Waals surface area (Å²) in [6.07, 6.45) is -2.70. The van der Waals surface area contributed by atoms with Crippen LogP contribution in [0, 0.1) is 5.92 Å². The predicted molar refractivity (Wildman–Crippen MR) is 68.2 cm³/mol. The summed E-state index contributed by atoms with van der Waals surface area (Å²) in [7, 11) is 0. The van der Waals surface area contributed by atoms with E-state index >= 15 is 0 Å². The lowest BCUT2D eigenvalue weighted by Gasteiger charge is -2.20. The lowest BCUT2D eigenvalue weighted by Crippen LogP contribution is -2.30. The number of rotatable bonds is 2. The molecule has 1 saturated heterocycles. The van der Waals surface area contributed by atoms with E-state index in [0.29, 0.717) is 24.8 Å². The highest BCUT2D eigenvalue weighted by atomic mass is 35.5. The van der Waals surface area contributed by atoms with Crippen molar-refractivity contribution in [3.63, 3.8) is 0 Å². The summed E-state index contributed by atoms with van der Waals surface area (Å²) >= 11 is 5.91. The fourth-order valence-electron chi connectivity index (χ4n) is 2.23. The smallest absolute Gasteiger partial charge is 0.355 e. The van der Waals surface area contributed by atoms with Crippen molar-refractivity contribution in [1.29, 1.82) is 0 Å². The number of hydrogen-bond acceptors (Lipinski definition) is 3. The van der Waals surface area contributed by atoms with Crippen LogP contribution in [-0.4, -0.2) is 24.1 Å². The van der Waals surface area contributed by atoms with Gasteiger partial charge in [0.15, 0.2) is 0 Å². The van der Waals surface area contributed by atoms with Gasteiger partial charge in [-0.05, 0) is 25.3 Å². The highest BCUT2D eigenvalue weighted by Crippen LogP contribution is 2.35. The van der Waals surface area contributed by atoms with Gasteiger partial charge in [0.2, 0.25) is 0 Å². The SMILES string of the molecule is CC(N)C1CCN(c2ncc(C(F)(F)F)cc2Cl)C1. The van der Waals surface area contributed by atoms with Crippen LogP contribution in [-0.2, 0) is 6.18 Å². The van der Waals surface area contributed by atoms with Crippen molar-refractivity contribution in [1.82, 2.24) is 4.98 Å². The van der Waals surface area contributed by atoms with Gasteiger partial charge >= 0.3 is 6.18 Å². The minimum atomic E-state index is -4.42. The van der Waals surface area contributed by atoms with Crippen LogP contribution in [0.15, 0.2) is 12.3 Å². The zero-order valence-corrected chi connectivity index (χ0v) is 11.2. The zero-order valence-electron chi connectivity index (χ0n) is 10.4. The molecule has 2 N–H and O–H groups in total. The highest BCUT2D eigenvalue weighted by Gasteiger charge is 2.33. The Kier molecular flexibility index (Phi) is 3.92. The molecule has 0 aliphatic carbocycles. The number of hydrogen-bond donors (Lipinski definition) is 1. The minimum Gasteiger partial charge on any atom is -0.355 e. The van der Waals surface area contributed by atoms with Crippen molar-refractivity contribution in [2.24, 2.45) is 11.7 Å². The van der Waals surface area contributed by atoms with Gasteiger partial charge in [0.1, 0.15) is 5.82 Å². The van der Waals surface area contributed by atoms with Gasteiger partial charge in [0.25, 0.3) is 0 Å². The number of nitrogens with zero attached hydrogens (tertiary/aromatic N) is 2. The topological polar surface area (TPSA) is 42.1 Å². The molecule has 0 saturated carbocycles. The Hall–Kier alpha value is -1.01. The van der Waals surface area contributed by atoms with Gasteiger partial charge in [0, 0.05) is 25.3 Å². The Bertz CT molecular complexity index is 462. The summed E-state index contributed by atoms with van der Waals surface area (Å²) in [5, 5.41) is 0.0279. The van der Waals surface area contributed by atoms with Gasteiger partial charge in [-0.2, -0.15) is 13.2 Å². The molecule has 1 aliphatic heterocycles. The molecule has 2 heterocycles. The van der Waals surface area contributed by atoms with E-state index in [1.54, 1.807) is 0 Å². The number of nitrogens with two attached hydrogens (primary N) is 1. The molecule has 1 fully saturated rings. The first-order valence-corrected chi connectivity index (χ1v) is 6.40. The van der Waals surface area contributed by atoms with Gasteiger partial charge in [0.05, 0.1) is 10.6 Å². The second kappa shape index (κ2) is 5.17. The van der Waals surface area contributed by atoms with Crippen molar-refractivity contribution < 1.29 is 13.2 Å². The van der Waals surface area contributed by atoms with Gasteiger partial charge in [-0.3, -0.25) is 0 Å². The molecule has 7 heteroatoms. The van der Waals surface area contributed by atoms with E-state index in [-0.39, 0.29) is 11.1 Å². The number of alkyl halides is 3. The molecular weight excluding hydrogens is 279 g/mol. The van der Waals surface area contributed by atoms with Crippen LogP contribution < -0.4 is 10.6 Å². The monoisotopic (exact) mass is 293 g/mol. The van der Waals surface area contributed by atoms with E-state index in [4.69, 9.17) is 17.3 Å². The Morgan fingerprint density at radius 2 is 2.21 bits per heavy atom. The molecule has 1 aromatic rings. The average Bonchev–Trinajstić information content (AvgIpc) is 2.76. The summed E-state index contributed by atoms with van der Waals surface area (Å²) in [5.74, 6) is 0.720. The van der Waals surface area contributed by atoms with Crippen molar-refractivity contribution in [2.75, 3.05) is 18.0 Å². The molecule has 106 valence electrons. The van der Waals surface area contributed by atoms with Gasteiger partial charge in [-0.15, -0.1) is 0 Å². The lowest BCUT2D eigenvalue weighted by atomic mass is 10.0. The summed E-state index contributed by atoms with van der Waals surface area (Å²) < 4.78 is 37.5. The van der Waals surface area contributed by atoms with Crippen molar-refractivity contribution >= 4 is 17.4 Å². The highest BCUT2D eigenvalue weighted by molar-refractivity contribution is 6.33. The second-order valence-corrected chi connectivity index (χ2v) is 5.29. The molecule has 3 nitrogen and oxygen atoms in total. The standard InChI is InChI=1S/C12H15ClF3N3/c1-7(17)8-2-3-19(6-8)11-10(13)4-9(5-18-11)12(14,15)16/h4-5,7-8H,2-3,6,17H2,1H3. The Labute approximate surface area is 114 Å². The van der Waals surface area contributed by atoms with E-state index in [1.807, 2.05) is 11.8 Å². The molecular formula is C12H15ClF3N3. The molecule has 19 heavy (non-hydrogen) atoms. The third kappa shape index (κ3) is 3.12. The van der Waals surface area contributed by atoms with Crippen LogP contribution in [0.3, 0.4) is 0 Å². The van der Waals surface area contributed by atoms with Crippen LogP contribution in [0.2, 0.25) is 5.02 Å². The molecule has 2 atom stereocenters. The summed E-state index contributed by atoms with van der Waals surface area (Å²) in [6.45, 7) is 3.32. The Morgan fingerprint density at radius 1 is 1.53 bits per heavy atom. The molecule has 2 unspecified atom stereocenters. The van der Waals surface area contributed by atoms with Crippen molar-refractivity contribution in [2.45, 2.75) is 25.6 Å². The van der Waals surface area contributed by atoms with Gasteiger partial charge in [-0.1, -0.05) is 11.6 Å². The van der Waals surface area contributed by atoms with E-state index in [9.17, 15) is 13.2 Å². The van der Waals surface area contributed by atoms with Crippen molar-refractivity contribution in [3.05, 3.63) is 22.8 Å². The third-order valence-corrected chi connectivity index (χ3v) is 3.70. The van der Waals surface area contributed by atoms with Crippen molar-refractivity contribution in [3.8, 4) is 0 Å². The number of aromatic nitrogens is 1. The third-order valence-electron chi connectivity index (χ3n) is 3.42. The van der Waals surface area contributed by atoms with Crippen LogP contribution in [0.1, 0.15) is 18.9 Å². The molecule has 0 radical (unpaired) electrons. The minimum absolute atomic E-state index is 0.0279. The number of pyridine rings is 1. The van der Waals surface area contributed by atoms with E-state index in [1.165, 1.54) is 0 Å². The molecule has 0 spiro atoms. The first kappa shape index (κ1) is 14.4. The summed E-state index contributed by atoms with van der Waals surface area (Å²) in [4.78, 5) is 5.74. The fourth-order valence-corrected chi connectivity index (χ4v) is 2.51. The largest absolute Gasteiger partial charge is 0.417 e. The van der Waals surface area contributed by atoms with E-state index in [2.05, 4.69) is 4.98 Å². The number of anilines is 1. The first-order chi connectivity index (χ1) is 8.79. The average molecular weight is 294 g/mol. The van der Waals surface area contributed by atoms with Gasteiger partial charge in [-0.25, -0.2) is 4.98 Å². The maximum atomic E-state index is 12.5. The quantitative estimate of drug-likeness (QED) is 0.911. The molecule has 0 aromatic carbocycles. The molecule has 2 rings (SSSR count). The maximum Gasteiger partial charge on any atom is 0.417 e.